The maximum atomic E-state index is 6.01. The average molecular weight is 293 g/mol. The van der Waals surface area contributed by atoms with Crippen molar-refractivity contribution in [3.05, 3.63) is 33.8 Å². The molecule has 1 aromatic rings. The van der Waals surface area contributed by atoms with Gasteiger partial charge in [-0.3, -0.25) is 4.90 Å². The zero-order chi connectivity index (χ0) is 12.3. The minimum Gasteiger partial charge on any atom is -0.299 e. The highest BCUT2D eigenvalue weighted by molar-refractivity contribution is 6.42. The summed E-state index contributed by atoms with van der Waals surface area (Å²) in [4.78, 5) is 2.45. The van der Waals surface area contributed by atoms with Gasteiger partial charge in [-0.15, -0.1) is 11.6 Å². The summed E-state index contributed by atoms with van der Waals surface area (Å²) in [5, 5.41) is 1.26. The van der Waals surface area contributed by atoms with Gasteiger partial charge in [-0.1, -0.05) is 29.3 Å². The molecule has 0 bridgehead atoms. The number of hydrogen-bond acceptors (Lipinski definition) is 1. The molecule has 1 aliphatic rings. The van der Waals surface area contributed by atoms with E-state index in [9.17, 15) is 0 Å². The Morgan fingerprint density at radius 1 is 1.12 bits per heavy atom. The van der Waals surface area contributed by atoms with Crippen molar-refractivity contribution in [2.24, 2.45) is 5.92 Å². The summed E-state index contributed by atoms with van der Waals surface area (Å²) in [6.07, 6.45) is 2.40. The van der Waals surface area contributed by atoms with Crippen LogP contribution in [0, 0.1) is 5.92 Å². The van der Waals surface area contributed by atoms with Crippen molar-refractivity contribution in [1.82, 2.24) is 4.90 Å². The molecule has 1 aromatic carbocycles. The van der Waals surface area contributed by atoms with Crippen molar-refractivity contribution in [1.29, 1.82) is 0 Å². The van der Waals surface area contributed by atoms with E-state index in [0.717, 1.165) is 25.5 Å². The van der Waals surface area contributed by atoms with Gasteiger partial charge in [0.05, 0.1) is 10.0 Å². The Hall–Kier alpha value is 0.0500. The largest absolute Gasteiger partial charge is 0.299 e. The summed E-state index contributed by atoms with van der Waals surface area (Å²) < 4.78 is 0. The van der Waals surface area contributed by atoms with Gasteiger partial charge in [0.25, 0.3) is 0 Å². The van der Waals surface area contributed by atoms with Crippen molar-refractivity contribution < 1.29 is 0 Å². The molecule has 1 fully saturated rings. The van der Waals surface area contributed by atoms with E-state index in [1.807, 2.05) is 18.2 Å². The molecule has 0 N–H and O–H groups in total. The zero-order valence-corrected chi connectivity index (χ0v) is 11.9. The maximum absolute atomic E-state index is 6.01. The molecular formula is C13H16Cl3N. The van der Waals surface area contributed by atoms with E-state index in [2.05, 4.69) is 4.90 Å². The highest BCUT2D eigenvalue weighted by atomic mass is 35.5. The average Bonchev–Trinajstić information content (AvgIpc) is 2.35. The van der Waals surface area contributed by atoms with E-state index < -0.39 is 0 Å². The SMILES string of the molecule is ClCC1CCN(Cc2ccc(Cl)c(Cl)c2)CC1. The number of benzene rings is 1. The molecule has 0 atom stereocenters. The van der Waals surface area contributed by atoms with Gasteiger partial charge in [0.1, 0.15) is 0 Å². The Balaban J connectivity index is 1.91. The van der Waals surface area contributed by atoms with Crippen LogP contribution >= 0.6 is 34.8 Å². The van der Waals surface area contributed by atoms with E-state index in [0.29, 0.717) is 16.0 Å². The molecule has 0 amide bonds. The molecule has 2 rings (SSSR count). The Morgan fingerprint density at radius 3 is 2.41 bits per heavy atom. The molecule has 94 valence electrons. The van der Waals surface area contributed by atoms with Gasteiger partial charge in [0, 0.05) is 12.4 Å². The minimum atomic E-state index is 0.622. The van der Waals surface area contributed by atoms with Gasteiger partial charge in [-0.25, -0.2) is 0 Å². The standard InChI is InChI=1S/C13H16Cl3N/c14-8-10-3-5-17(6-4-10)9-11-1-2-12(15)13(16)7-11/h1-2,7,10H,3-6,8-9H2. The summed E-state index contributed by atoms with van der Waals surface area (Å²) in [7, 11) is 0. The Morgan fingerprint density at radius 2 is 1.82 bits per heavy atom. The number of piperidine rings is 1. The fourth-order valence-electron chi connectivity index (χ4n) is 2.20. The monoisotopic (exact) mass is 291 g/mol. The van der Waals surface area contributed by atoms with Gasteiger partial charge < -0.3 is 0 Å². The molecule has 0 unspecified atom stereocenters. The van der Waals surface area contributed by atoms with Crippen molar-refractivity contribution in [2.45, 2.75) is 19.4 Å². The second-order valence-electron chi connectivity index (χ2n) is 4.62. The van der Waals surface area contributed by atoms with Crippen LogP contribution in [0.4, 0.5) is 0 Å². The first-order chi connectivity index (χ1) is 8.19. The molecular weight excluding hydrogens is 277 g/mol. The fraction of sp³-hybridized carbons (Fsp3) is 0.538. The molecule has 17 heavy (non-hydrogen) atoms. The molecule has 0 radical (unpaired) electrons. The highest BCUT2D eigenvalue weighted by Crippen LogP contribution is 2.25. The predicted octanol–water partition coefficient (Wildman–Crippen LogP) is 4.44. The zero-order valence-electron chi connectivity index (χ0n) is 9.63. The Bertz CT molecular complexity index is 373. The number of alkyl halides is 1. The van der Waals surface area contributed by atoms with Crippen LogP contribution in [-0.4, -0.2) is 23.9 Å². The number of nitrogens with zero attached hydrogens (tertiary/aromatic N) is 1. The normalized spacial score (nSPS) is 18.5. The Labute approximate surface area is 118 Å². The van der Waals surface area contributed by atoms with E-state index in [1.165, 1.54) is 18.4 Å². The molecule has 1 nitrogen and oxygen atoms in total. The highest BCUT2D eigenvalue weighted by Gasteiger charge is 2.18. The molecule has 1 aliphatic heterocycles. The van der Waals surface area contributed by atoms with Crippen LogP contribution in [0.1, 0.15) is 18.4 Å². The predicted molar refractivity (Wildman–Crippen MR) is 75.2 cm³/mol. The van der Waals surface area contributed by atoms with Crippen molar-refractivity contribution >= 4 is 34.8 Å². The fourth-order valence-corrected chi connectivity index (χ4v) is 2.82. The number of halogens is 3. The lowest BCUT2D eigenvalue weighted by atomic mass is 9.98. The van der Waals surface area contributed by atoms with E-state index >= 15 is 0 Å². The van der Waals surface area contributed by atoms with Crippen molar-refractivity contribution in [3.8, 4) is 0 Å². The molecule has 1 heterocycles. The molecule has 0 saturated carbocycles. The van der Waals surface area contributed by atoms with Crippen LogP contribution in [0.15, 0.2) is 18.2 Å². The number of likely N-dealkylation sites (tertiary alicyclic amines) is 1. The first-order valence-electron chi connectivity index (χ1n) is 5.91. The second kappa shape index (κ2) is 6.29. The lowest BCUT2D eigenvalue weighted by molar-refractivity contribution is 0.186. The second-order valence-corrected chi connectivity index (χ2v) is 5.75. The maximum Gasteiger partial charge on any atom is 0.0595 e. The first kappa shape index (κ1) is 13.5. The first-order valence-corrected chi connectivity index (χ1v) is 7.20. The number of hydrogen-bond donors (Lipinski definition) is 0. The summed E-state index contributed by atoms with van der Waals surface area (Å²) in [6.45, 7) is 3.20. The quantitative estimate of drug-likeness (QED) is 0.744. The molecule has 0 spiro atoms. The summed E-state index contributed by atoms with van der Waals surface area (Å²) in [5.41, 5.74) is 1.23. The smallest absolute Gasteiger partial charge is 0.0595 e. The molecule has 4 heteroatoms. The van der Waals surface area contributed by atoms with E-state index in [-0.39, 0.29) is 0 Å². The van der Waals surface area contributed by atoms with Crippen LogP contribution in [-0.2, 0) is 6.54 Å². The summed E-state index contributed by atoms with van der Waals surface area (Å²) in [6, 6.07) is 5.87. The lowest BCUT2D eigenvalue weighted by Crippen LogP contribution is -2.33. The van der Waals surface area contributed by atoms with E-state index in [4.69, 9.17) is 34.8 Å². The molecule has 0 aromatic heterocycles. The van der Waals surface area contributed by atoms with Crippen LogP contribution in [0.2, 0.25) is 10.0 Å². The summed E-state index contributed by atoms with van der Waals surface area (Å²) >= 11 is 17.8. The third-order valence-corrected chi connectivity index (χ3v) is 4.49. The van der Waals surface area contributed by atoms with Gasteiger partial charge in [0.15, 0.2) is 0 Å². The minimum absolute atomic E-state index is 0.622. The summed E-state index contributed by atoms with van der Waals surface area (Å²) in [5.74, 6) is 1.49. The Kier molecular flexibility index (Phi) is 4.98. The van der Waals surface area contributed by atoms with Crippen LogP contribution in [0.5, 0.6) is 0 Å². The van der Waals surface area contributed by atoms with E-state index in [1.54, 1.807) is 0 Å². The van der Waals surface area contributed by atoms with Crippen LogP contribution in [0.3, 0.4) is 0 Å². The lowest BCUT2D eigenvalue weighted by Gasteiger charge is -2.31. The van der Waals surface area contributed by atoms with Gasteiger partial charge in [-0.2, -0.15) is 0 Å². The van der Waals surface area contributed by atoms with Crippen molar-refractivity contribution in [2.75, 3.05) is 19.0 Å². The van der Waals surface area contributed by atoms with Gasteiger partial charge in [0.2, 0.25) is 0 Å². The van der Waals surface area contributed by atoms with Gasteiger partial charge in [-0.05, 0) is 49.5 Å². The third kappa shape index (κ3) is 3.75. The van der Waals surface area contributed by atoms with Crippen LogP contribution < -0.4 is 0 Å². The number of rotatable bonds is 3. The molecule has 0 aliphatic carbocycles. The van der Waals surface area contributed by atoms with Gasteiger partial charge >= 0.3 is 0 Å². The third-order valence-electron chi connectivity index (χ3n) is 3.32. The van der Waals surface area contributed by atoms with Crippen LogP contribution in [0.25, 0.3) is 0 Å². The van der Waals surface area contributed by atoms with Crippen molar-refractivity contribution in [3.63, 3.8) is 0 Å². The molecule has 1 saturated heterocycles. The topological polar surface area (TPSA) is 3.24 Å².